The topological polar surface area (TPSA) is 64.6 Å². The predicted molar refractivity (Wildman–Crippen MR) is 103 cm³/mol. The van der Waals surface area contributed by atoms with Crippen LogP contribution in [0.1, 0.15) is 17.2 Å². The summed E-state index contributed by atoms with van der Waals surface area (Å²) in [6, 6.07) is 13.4. The van der Waals surface area contributed by atoms with Crippen LogP contribution in [-0.4, -0.2) is 25.6 Å². The Morgan fingerprint density at radius 1 is 1.22 bits per heavy atom. The number of amides is 1. The number of esters is 1. The first-order valence-corrected chi connectivity index (χ1v) is 8.69. The lowest BCUT2D eigenvalue weighted by Gasteiger charge is -2.17. The average molecular weight is 384 g/mol. The van der Waals surface area contributed by atoms with Gasteiger partial charge in [0.15, 0.2) is 6.04 Å². The second kappa shape index (κ2) is 8.56. The molecule has 1 amide bonds. The maximum Gasteiger partial charge on any atom is 0.333 e. The number of methoxy groups -OCH3 is 1. The molecule has 138 valence electrons. The van der Waals surface area contributed by atoms with Crippen molar-refractivity contribution < 1.29 is 19.1 Å². The van der Waals surface area contributed by atoms with E-state index in [0.29, 0.717) is 17.2 Å². The lowest BCUT2D eigenvalue weighted by molar-refractivity contribution is -0.144. The Hall–Kier alpha value is -3.05. The van der Waals surface area contributed by atoms with Gasteiger partial charge < -0.3 is 14.8 Å². The number of hydrogen-bond donors (Lipinski definition) is 1. The van der Waals surface area contributed by atoms with Crippen LogP contribution in [-0.2, 0) is 14.3 Å². The summed E-state index contributed by atoms with van der Waals surface area (Å²) in [5.41, 5.74) is 2.31. The minimum absolute atomic E-state index is 0.345. The molecule has 0 fully saturated rings. The van der Waals surface area contributed by atoms with Crippen LogP contribution in [0.4, 0.5) is 0 Å². The summed E-state index contributed by atoms with van der Waals surface area (Å²) in [6.45, 7) is 0.345. The van der Waals surface area contributed by atoms with Crippen LogP contribution in [0.2, 0.25) is 5.02 Å². The maximum atomic E-state index is 12.3. The summed E-state index contributed by atoms with van der Waals surface area (Å²) < 4.78 is 10.4. The second-order valence-electron chi connectivity index (χ2n) is 5.90. The SMILES string of the molecule is COC(=O)C(NC(=O)C=CC1=Cc2cc(Cl)ccc2OC1)c1ccccc1. The minimum atomic E-state index is -0.871. The van der Waals surface area contributed by atoms with Gasteiger partial charge in [0.1, 0.15) is 12.4 Å². The van der Waals surface area contributed by atoms with Gasteiger partial charge in [-0.15, -0.1) is 0 Å². The molecule has 5 nitrogen and oxygen atoms in total. The fourth-order valence-electron chi connectivity index (χ4n) is 2.68. The molecule has 0 spiro atoms. The molecule has 1 heterocycles. The molecule has 1 aliphatic rings. The van der Waals surface area contributed by atoms with Crippen LogP contribution in [0.25, 0.3) is 6.08 Å². The van der Waals surface area contributed by atoms with E-state index in [9.17, 15) is 9.59 Å². The molecule has 1 unspecified atom stereocenters. The van der Waals surface area contributed by atoms with Crippen LogP contribution in [0, 0.1) is 0 Å². The van der Waals surface area contributed by atoms with E-state index >= 15 is 0 Å². The van der Waals surface area contributed by atoms with E-state index in [1.165, 1.54) is 13.2 Å². The second-order valence-corrected chi connectivity index (χ2v) is 6.34. The van der Waals surface area contributed by atoms with Gasteiger partial charge in [-0.05, 0) is 35.4 Å². The Kier molecular flexibility index (Phi) is 5.94. The van der Waals surface area contributed by atoms with Crippen molar-refractivity contribution in [2.45, 2.75) is 6.04 Å². The number of benzene rings is 2. The van der Waals surface area contributed by atoms with E-state index < -0.39 is 17.9 Å². The first kappa shape index (κ1) is 18.7. The lowest BCUT2D eigenvalue weighted by atomic mass is 10.1. The van der Waals surface area contributed by atoms with Crippen LogP contribution in [0.5, 0.6) is 5.75 Å². The molecule has 2 aromatic rings. The highest BCUT2D eigenvalue weighted by atomic mass is 35.5. The Labute approximate surface area is 162 Å². The fourth-order valence-corrected chi connectivity index (χ4v) is 2.86. The number of ether oxygens (including phenoxy) is 2. The van der Waals surface area contributed by atoms with Gasteiger partial charge in [0, 0.05) is 16.7 Å². The zero-order valence-electron chi connectivity index (χ0n) is 14.6. The van der Waals surface area contributed by atoms with Crippen molar-refractivity contribution in [3.63, 3.8) is 0 Å². The minimum Gasteiger partial charge on any atom is -0.488 e. The highest BCUT2D eigenvalue weighted by Crippen LogP contribution is 2.29. The van der Waals surface area contributed by atoms with E-state index in [1.807, 2.05) is 18.2 Å². The third-order valence-corrected chi connectivity index (χ3v) is 4.25. The van der Waals surface area contributed by atoms with Gasteiger partial charge in [0.25, 0.3) is 0 Å². The molecule has 6 heteroatoms. The largest absolute Gasteiger partial charge is 0.488 e. The van der Waals surface area contributed by atoms with E-state index in [2.05, 4.69) is 5.32 Å². The van der Waals surface area contributed by atoms with Crippen molar-refractivity contribution in [1.82, 2.24) is 5.32 Å². The fraction of sp³-hybridized carbons (Fsp3) is 0.143. The zero-order chi connectivity index (χ0) is 19.2. The quantitative estimate of drug-likeness (QED) is 0.631. The molecular weight excluding hydrogens is 366 g/mol. The predicted octanol–water partition coefficient (Wildman–Crippen LogP) is 3.70. The molecule has 0 radical (unpaired) electrons. The molecule has 1 N–H and O–H groups in total. The Balaban J connectivity index is 1.71. The standard InChI is InChI=1S/C21H18ClNO4/c1-26-21(25)20(15-5-3-2-4-6-15)23-19(24)10-7-14-11-16-12-17(22)8-9-18(16)27-13-14/h2-12,20H,13H2,1H3,(H,23,24). The van der Waals surface area contributed by atoms with E-state index in [1.54, 1.807) is 42.5 Å². The van der Waals surface area contributed by atoms with Gasteiger partial charge in [0.05, 0.1) is 7.11 Å². The van der Waals surface area contributed by atoms with Gasteiger partial charge in [0.2, 0.25) is 5.91 Å². The summed E-state index contributed by atoms with van der Waals surface area (Å²) in [5, 5.41) is 3.27. The summed E-state index contributed by atoms with van der Waals surface area (Å²) in [4.78, 5) is 24.3. The van der Waals surface area contributed by atoms with Gasteiger partial charge in [-0.1, -0.05) is 48.0 Å². The van der Waals surface area contributed by atoms with Gasteiger partial charge in [-0.25, -0.2) is 4.79 Å². The summed E-state index contributed by atoms with van der Waals surface area (Å²) in [6.07, 6.45) is 4.92. The number of fused-ring (bicyclic) bond motifs is 1. The number of carbonyl (C=O) groups is 2. The monoisotopic (exact) mass is 383 g/mol. The first-order valence-electron chi connectivity index (χ1n) is 8.31. The van der Waals surface area contributed by atoms with Crippen molar-refractivity contribution in [2.24, 2.45) is 0 Å². The molecule has 27 heavy (non-hydrogen) atoms. The van der Waals surface area contributed by atoms with Crippen LogP contribution >= 0.6 is 11.6 Å². The highest BCUT2D eigenvalue weighted by molar-refractivity contribution is 6.30. The first-order chi connectivity index (χ1) is 13.1. The van der Waals surface area contributed by atoms with Gasteiger partial charge >= 0.3 is 5.97 Å². The number of hydrogen-bond acceptors (Lipinski definition) is 4. The molecule has 0 saturated carbocycles. The Bertz CT molecular complexity index is 906. The van der Waals surface area contributed by atoms with Crippen molar-refractivity contribution in [1.29, 1.82) is 0 Å². The number of carbonyl (C=O) groups excluding carboxylic acids is 2. The Morgan fingerprint density at radius 3 is 2.74 bits per heavy atom. The molecule has 0 saturated heterocycles. The van der Waals surface area contributed by atoms with Gasteiger partial charge in [-0.3, -0.25) is 4.79 Å². The molecule has 0 aliphatic carbocycles. The van der Waals surface area contributed by atoms with E-state index in [0.717, 1.165) is 16.9 Å². The van der Waals surface area contributed by atoms with Crippen LogP contribution in [0.3, 0.4) is 0 Å². The molecule has 0 bridgehead atoms. The van der Waals surface area contributed by atoms with E-state index in [4.69, 9.17) is 21.1 Å². The maximum absolute atomic E-state index is 12.3. The van der Waals surface area contributed by atoms with Crippen molar-refractivity contribution >= 4 is 29.6 Å². The summed E-state index contributed by atoms with van der Waals surface area (Å²) in [5.74, 6) is -0.199. The van der Waals surface area contributed by atoms with Crippen molar-refractivity contribution in [2.75, 3.05) is 13.7 Å². The molecule has 0 aromatic heterocycles. The molecule has 2 aromatic carbocycles. The van der Waals surface area contributed by atoms with Crippen LogP contribution < -0.4 is 10.1 Å². The van der Waals surface area contributed by atoms with Crippen molar-refractivity contribution in [3.05, 3.63) is 82.4 Å². The highest BCUT2D eigenvalue weighted by Gasteiger charge is 2.22. The zero-order valence-corrected chi connectivity index (χ0v) is 15.4. The normalized spacial score (nSPS) is 13.9. The van der Waals surface area contributed by atoms with E-state index in [-0.39, 0.29) is 0 Å². The molecule has 1 atom stereocenters. The third-order valence-electron chi connectivity index (χ3n) is 4.01. The number of nitrogens with one attached hydrogen (secondary N) is 1. The number of rotatable bonds is 5. The van der Waals surface area contributed by atoms with Crippen molar-refractivity contribution in [3.8, 4) is 5.75 Å². The van der Waals surface area contributed by atoms with Gasteiger partial charge in [-0.2, -0.15) is 0 Å². The summed E-state index contributed by atoms with van der Waals surface area (Å²) >= 11 is 6.00. The molecule has 1 aliphatic heterocycles. The van der Waals surface area contributed by atoms with Crippen LogP contribution in [0.15, 0.2) is 66.3 Å². The lowest BCUT2D eigenvalue weighted by Crippen LogP contribution is -2.33. The third kappa shape index (κ3) is 4.77. The average Bonchev–Trinajstić information content (AvgIpc) is 2.70. The molecular formula is C21H18ClNO4. The molecule has 3 rings (SSSR count). The summed E-state index contributed by atoms with van der Waals surface area (Å²) in [7, 11) is 1.28. The smallest absolute Gasteiger partial charge is 0.333 e. The number of halogens is 1. The Morgan fingerprint density at radius 2 is 2.00 bits per heavy atom.